The van der Waals surface area contributed by atoms with E-state index in [2.05, 4.69) is 5.32 Å². The first-order valence-corrected chi connectivity index (χ1v) is 5.76. The lowest BCUT2D eigenvalue weighted by molar-refractivity contribution is -0.138. The molecule has 1 aliphatic carbocycles. The van der Waals surface area contributed by atoms with Gasteiger partial charge in [0.1, 0.15) is 0 Å². The average Bonchev–Trinajstić information content (AvgIpc) is 3.06. The van der Waals surface area contributed by atoms with E-state index in [1.165, 1.54) is 19.1 Å². The van der Waals surface area contributed by atoms with E-state index in [-0.39, 0.29) is 12.5 Å². The van der Waals surface area contributed by atoms with Crippen molar-refractivity contribution in [3.05, 3.63) is 35.4 Å². The van der Waals surface area contributed by atoms with E-state index < -0.39 is 17.2 Å². The van der Waals surface area contributed by atoms with Gasteiger partial charge in [-0.1, -0.05) is 18.2 Å². The Labute approximate surface area is 103 Å². The third kappa shape index (κ3) is 2.49. The van der Waals surface area contributed by atoms with Crippen molar-refractivity contribution in [1.29, 1.82) is 0 Å². The van der Waals surface area contributed by atoms with Crippen LogP contribution < -0.4 is 5.32 Å². The van der Waals surface area contributed by atoms with Gasteiger partial charge in [0.05, 0.1) is 5.56 Å². The van der Waals surface area contributed by atoms with Gasteiger partial charge in [-0.2, -0.15) is 13.2 Å². The van der Waals surface area contributed by atoms with Gasteiger partial charge in [-0.3, -0.25) is 4.79 Å². The minimum atomic E-state index is -4.34. The fraction of sp³-hybridized carbons (Fsp3) is 0.462. The first kappa shape index (κ1) is 12.9. The summed E-state index contributed by atoms with van der Waals surface area (Å²) >= 11 is 0. The summed E-state index contributed by atoms with van der Waals surface area (Å²) in [7, 11) is 0. The van der Waals surface area contributed by atoms with Gasteiger partial charge in [-0.25, -0.2) is 0 Å². The molecule has 1 aromatic carbocycles. The number of alkyl halides is 3. The lowest BCUT2D eigenvalue weighted by Crippen LogP contribution is -2.31. The fourth-order valence-corrected chi connectivity index (χ4v) is 2.18. The molecule has 2 rings (SSSR count). The van der Waals surface area contributed by atoms with Gasteiger partial charge in [0.2, 0.25) is 5.91 Å². The molecule has 18 heavy (non-hydrogen) atoms. The molecule has 0 radical (unpaired) electrons. The number of benzene rings is 1. The molecule has 0 atom stereocenters. The van der Waals surface area contributed by atoms with Crippen LogP contribution in [0.15, 0.2) is 24.3 Å². The largest absolute Gasteiger partial charge is 0.416 e. The van der Waals surface area contributed by atoms with Gasteiger partial charge in [0.25, 0.3) is 0 Å². The van der Waals surface area contributed by atoms with Crippen molar-refractivity contribution >= 4 is 5.91 Å². The Morgan fingerprint density at radius 1 is 1.33 bits per heavy atom. The Bertz CT molecular complexity index is 464. The molecule has 1 N–H and O–H groups in total. The summed E-state index contributed by atoms with van der Waals surface area (Å²) in [4.78, 5) is 10.9. The third-order valence-electron chi connectivity index (χ3n) is 3.33. The second-order valence-electron chi connectivity index (χ2n) is 4.73. The van der Waals surface area contributed by atoms with Crippen LogP contribution in [-0.2, 0) is 16.4 Å². The molecule has 0 spiro atoms. The summed E-state index contributed by atoms with van der Waals surface area (Å²) in [6, 6.07) is 5.61. The Morgan fingerprint density at radius 3 is 2.44 bits per heavy atom. The van der Waals surface area contributed by atoms with Crippen LogP contribution in [0.25, 0.3) is 0 Å². The van der Waals surface area contributed by atoms with E-state index in [9.17, 15) is 18.0 Å². The Morgan fingerprint density at radius 2 is 1.94 bits per heavy atom. The maximum absolute atomic E-state index is 12.9. The quantitative estimate of drug-likeness (QED) is 0.886. The lowest BCUT2D eigenvalue weighted by atomic mass is 9.91. The van der Waals surface area contributed by atoms with E-state index in [0.29, 0.717) is 18.4 Å². The Kier molecular flexibility index (Phi) is 3.09. The predicted molar refractivity (Wildman–Crippen MR) is 61.0 cm³/mol. The van der Waals surface area contributed by atoms with Crippen LogP contribution >= 0.6 is 0 Å². The van der Waals surface area contributed by atoms with E-state index in [0.717, 1.165) is 6.07 Å². The number of carbonyl (C=O) groups excluding carboxylic acids is 1. The van der Waals surface area contributed by atoms with Gasteiger partial charge in [-0.05, 0) is 24.5 Å². The summed E-state index contributed by atoms with van der Waals surface area (Å²) in [5.41, 5.74) is -0.822. The molecule has 0 bridgehead atoms. The van der Waals surface area contributed by atoms with Crippen LogP contribution in [0.2, 0.25) is 0 Å². The molecule has 0 unspecified atom stereocenters. The zero-order valence-corrected chi connectivity index (χ0v) is 9.97. The molecule has 0 aliphatic heterocycles. The minimum absolute atomic E-state index is 0.217. The number of rotatable bonds is 3. The number of carbonyl (C=O) groups is 1. The first-order valence-electron chi connectivity index (χ1n) is 5.76. The van der Waals surface area contributed by atoms with Crippen LogP contribution in [-0.4, -0.2) is 12.5 Å². The van der Waals surface area contributed by atoms with Crippen molar-refractivity contribution in [2.24, 2.45) is 0 Å². The maximum Gasteiger partial charge on any atom is 0.416 e. The van der Waals surface area contributed by atoms with Gasteiger partial charge in [0.15, 0.2) is 0 Å². The predicted octanol–water partition coefficient (Wildman–Crippen LogP) is 2.87. The second kappa shape index (κ2) is 4.30. The van der Waals surface area contributed by atoms with Gasteiger partial charge in [0, 0.05) is 18.9 Å². The number of nitrogens with one attached hydrogen (secondary N) is 1. The van der Waals surface area contributed by atoms with Gasteiger partial charge >= 0.3 is 6.18 Å². The van der Waals surface area contributed by atoms with Crippen LogP contribution in [0.1, 0.15) is 30.9 Å². The fourth-order valence-electron chi connectivity index (χ4n) is 2.18. The molecule has 0 saturated heterocycles. The number of hydrogen-bond donors (Lipinski definition) is 1. The highest BCUT2D eigenvalue weighted by Crippen LogP contribution is 2.51. The van der Waals surface area contributed by atoms with Crippen molar-refractivity contribution in [2.45, 2.75) is 31.4 Å². The monoisotopic (exact) mass is 257 g/mol. The molecular weight excluding hydrogens is 243 g/mol. The smallest absolute Gasteiger partial charge is 0.355 e. The third-order valence-corrected chi connectivity index (χ3v) is 3.33. The highest BCUT2D eigenvalue weighted by atomic mass is 19.4. The van der Waals surface area contributed by atoms with Crippen molar-refractivity contribution < 1.29 is 18.0 Å². The Hall–Kier alpha value is -1.52. The summed E-state index contributed by atoms with van der Waals surface area (Å²) in [5.74, 6) is -0.217. The van der Waals surface area contributed by atoms with E-state index >= 15 is 0 Å². The molecule has 0 heterocycles. The molecule has 1 aliphatic rings. The van der Waals surface area contributed by atoms with Gasteiger partial charge in [-0.15, -0.1) is 0 Å². The molecule has 0 aromatic heterocycles. The standard InChI is InChI=1S/C13H14F3NO/c1-9(18)17-8-12(6-7-12)10-4-2-3-5-11(10)13(14,15)16/h2-5H,6-8H2,1H3,(H,17,18). The van der Waals surface area contributed by atoms with E-state index in [4.69, 9.17) is 0 Å². The number of hydrogen-bond acceptors (Lipinski definition) is 1. The van der Waals surface area contributed by atoms with Crippen LogP contribution in [0.5, 0.6) is 0 Å². The minimum Gasteiger partial charge on any atom is -0.355 e. The summed E-state index contributed by atoms with van der Waals surface area (Å²) in [5, 5.41) is 2.62. The maximum atomic E-state index is 12.9. The summed E-state index contributed by atoms with van der Waals surface area (Å²) in [6.07, 6.45) is -2.98. The Balaban J connectivity index is 2.31. The molecule has 1 aromatic rings. The number of amides is 1. The SMILES string of the molecule is CC(=O)NCC1(c2ccccc2C(F)(F)F)CC1. The van der Waals surface area contributed by atoms with E-state index in [1.807, 2.05) is 0 Å². The van der Waals surface area contributed by atoms with Crippen molar-refractivity contribution in [3.63, 3.8) is 0 Å². The molecular formula is C13H14F3NO. The molecule has 98 valence electrons. The molecule has 2 nitrogen and oxygen atoms in total. The van der Waals surface area contributed by atoms with Crippen molar-refractivity contribution in [1.82, 2.24) is 5.32 Å². The first-order chi connectivity index (χ1) is 8.35. The zero-order chi connectivity index (χ0) is 13.4. The van der Waals surface area contributed by atoms with Crippen LogP contribution in [0, 0.1) is 0 Å². The normalized spacial score (nSPS) is 17.3. The lowest BCUT2D eigenvalue weighted by Gasteiger charge is -2.21. The molecule has 1 fully saturated rings. The molecule has 5 heteroatoms. The highest BCUT2D eigenvalue weighted by molar-refractivity contribution is 5.73. The summed E-state index contributed by atoms with van der Waals surface area (Å²) < 4.78 is 38.8. The van der Waals surface area contributed by atoms with Crippen molar-refractivity contribution in [2.75, 3.05) is 6.54 Å². The average molecular weight is 257 g/mol. The molecule has 1 saturated carbocycles. The second-order valence-corrected chi connectivity index (χ2v) is 4.73. The number of halogens is 3. The van der Waals surface area contributed by atoms with Crippen molar-refractivity contribution in [3.8, 4) is 0 Å². The summed E-state index contributed by atoms with van der Waals surface area (Å²) in [6.45, 7) is 1.64. The van der Waals surface area contributed by atoms with Crippen LogP contribution in [0.3, 0.4) is 0 Å². The molecule has 1 amide bonds. The van der Waals surface area contributed by atoms with E-state index in [1.54, 1.807) is 6.07 Å². The zero-order valence-electron chi connectivity index (χ0n) is 9.97. The highest BCUT2D eigenvalue weighted by Gasteiger charge is 2.49. The van der Waals surface area contributed by atoms with Crippen LogP contribution in [0.4, 0.5) is 13.2 Å². The van der Waals surface area contributed by atoms with Gasteiger partial charge < -0.3 is 5.32 Å². The topological polar surface area (TPSA) is 29.1 Å².